The average Bonchev–Trinajstić information content (AvgIpc) is 0.785. The number of carbonyl (C=O) groups excluding carboxylic acids is 10. The smallest absolute Gasteiger partial charge is 0.408 e. The van der Waals surface area contributed by atoms with Gasteiger partial charge in [-0.2, -0.15) is 8.42 Å². The predicted molar refractivity (Wildman–Crippen MR) is 451 cm³/mol. The second-order valence-electron chi connectivity index (χ2n) is 34.3. The minimum Gasteiger partial charge on any atom is -0.508 e. The van der Waals surface area contributed by atoms with E-state index in [1.807, 2.05) is 48.9 Å². The van der Waals surface area contributed by atoms with E-state index >= 15 is 0 Å². The number of nitrogens with one attached hydrogen (secondary N) is 9. The van der Waals surface area contributed by atoms with Crippen molar-refractivity contribution in [1.29, 1.82) is 0 Å². The Bertz CT molecular complexity index is 4340. The number of ether oxygens (including phenoxy) is 6. The number of aromatic nitrogens is 3. The maximum atomic E-state index is 14.8. The summed E-state index contributed by atoms with van der Waals surface area (Å²) < 4.78 is 65.9. The van der Waals surface area contributed by atoms with Crippen LogP contribution in [-0.2, 0) is 127 Å². The number of aliphatic hydroxyl groups excluding tert-OH is 1. The minimum atomic E-state index is -4.14. The van der Waals surface area contributed by atoms with Crippen molar-refractivity contribution in [2.75, 3.05) is 104 Å². The molecule has 2 saturated carbocycles. The van der Waals surface area contributed by atoms with Crippen molar-refractivity contribution in [1.82, 2.24) is 57.5 Å². The van der Waals surface area contributed by atoms with E-state index in [1.54, 1.807) is 51.2 Å². The number of aryl methyl sites for hydroxylation is 2. The molecule has 1 aromatic heterocycles. The number of primary amides is 1. The van der Waals surface area contributed by atoms with Crippen molar-refractivity contribution in [3.63, 3.8) is 0 Å². The number of nitrogens with two attached hydrogens (primary N) is 1. The summed E-state index contributed by atoms with van der Waals surface area (Å²) in [6.45, 7) is 13.9. The number of phenolic OH excluding ortho intramolecular Hbond substituents is 1. The van der Waals surface area contributed by atoms with Gasteiger partial charge in [0.25, 0.3) is 10.1 Å². The van der Waals surface area contributed by atoms with Gasteiger partial charge in [-0.15, -0.1) is 5.10 Å². The van der Waals surface area contributed by atoms with Gasteiger partial charge in [0.2, 0.25) is 41.4 Å². The number of nitrogens with zero attached hydrogens (tertiary/aromatic N) is 3. The molecule has 1 unspecified atom stereocenters. The van der Waals surface area contributed by atoms with Gasteiger partial charge in [0.15, 0.2) is 5.78 Å². The molecule has 5 aliphatic rings. The average molecular weight is 1730 g/mol. The fourth-order valence-electron chi connectivity index (χ4n) is 18.6. The molecule has 3 aromatic carbocycles. The number of aromatic hydroxyl groups is 1. The van der Waals surface area contributed by atoms with Crippen molar-refractivity contribution in [3.05, 3.63) is 105 Å². The van der Waals surface area contributed by atoms with E-state index < -0.39 is 116 Å². The number of phenols is 1. The molecule has 5 aliphatic carbocycles. The third-order valence-corrected chi connectivity index (χ3v) is 26.0. The lowest BCUT2D eigenvalue weighted by Gasteiger charge is -2.56. The summed E-state index contributed by atoms with van der Waals surface area (Å²) >= 11 is 0. The molecular weight excluding hydrogens is 1600 g/mol. The molecule has 9 rings (SSSR count). The van der Waals surface area contributed by atoms with Gasteiger partial charge in [-0.05, 0) is 196 Å². The van der Waals surface area contributed by atoms with Crippen molar-refractivity contribution in [3.8, 4) is 5.75 Å². The first-order valence-electron chi connectivity index (χ1n) is 43.2. The number of hydrogen-bond acceptors (Lipinski definition) is 23. The van der Waals surface area contributed by atoms with Crippen molar-refractivity contribution in [2.45, 2.75) is 237 Å². The molecule has 674 valence electrons. The summed E-state index contributed by atoms with van der Waals surface area (Å²) in [5, 5.41) is 54.7. The number of ketones is 1. The number of amides is 10. The molecule has 4 aromatic rings. The lowest BCUT2D eigenvalue weighted by Crippen LogP contribution is -2.60. The maximum Gasteiger partial charge on any atom is 0.408 e. The molecule has 122 heavy (non-hydrogen) atoms. The fraction of sp³-hybridized carbons (Fsp3) is 0.655. The van der Waals surface area contributed by atoms with E-state index in [0.717, 1.165) is 93.0 Å². The Hall–Kier alpha value is -9.07. The summed E-state index contributed by atoms with van der Waals surface area (Å²) in [7, 11) is -2.51. The first-order valence-corrected chi connectivity index (χ1v) is 44.8. The number of hydrogen-bond donors (Lipinski definition) is 13. The number of likely N-dealkylation sites (N-methyl/N-ethyl adjacent to an activating group) is 1. The third-order valence-electron chi connectivity index (χ3n) is 25.3. The van der Waals surface area contributed by atoms with Crippen LogP contribution in [0.3, 0.4) is 0 Å². The van der Waals surface area contributed by atoms with E-state index in [2.05, 4.69) is 72.0 Å². The van der Waals surface area contributed by atoms with Gasteiger partial charge in [0.1, 0.15) is 48.9 Å². The summed E-state index contributed by atoms with van der Waals surface area (Å²) in [6, 6.07) is 12.9. The number of rotatable bonds is 47. The number of benzene rings is 3. The second kappa shape index (κ2) is 46.1. The Morgan fingerprint density at radius 2 is 1.21 bits per heavy atom. The standard InChI is InChI=1S/C87H129N13O21S/c1-56(2)75(96-77(106)65(89-7)16-11-12-37-90-74(105)55-120-70-19-10-8-9-18-68-76(70)98-99-100(68)40-42-117-44-46-119-48-47-118-45-43-116-41-32-73(104)91-39-49-122(113,114)115)79(108)94-66(17-13-38-92-82(88)111)78(107)93-61-27-21-57(22-28-61)54-121-83(112)95-67(53-101)69(103)51-58-20-23-59-25-30-71-84(3,63(59)50-58)33-14-35-86(71,5)80(109)97-81(110)87(6)36-15-34-85(4)64-52-62(102)29-24-60(64)26-31-72(85)87/h20-24,27-29,50,52,56,65-67,70-72,75,89,101-102H,8-19,25-26,30-49,51,53-55H2,1-7H3,(H,90,105)(H,91,104)(H,93,107)(H,94,108)(H,95,112)(H,96,106)(H3,88,92,111)(H,97,109,110)(H,113,114,115)/t65-,66+,67+,70?,71-,72-,75+,84-,85-,86+,87+/m1/s1. The van der Waals surface area contributed by atoms with E-state index in [0.29, 0.717) is 120 Å². The highest BCUT2D eigenvalue weighted by atomic mass is 32.2. The number of anilines is 1. The zero-order valence-electron chi connectivity index (χ0n) is 71.8. The highest BCUT2D eigenvalue weighted by Crippen LogP contribution is 2.60. The Balaban J connectivity index is 0.670. The Kier molecular flexibility index (Phi) is 36.5. The molecule has 2 fully saturated rings. The molecule has 34 nitrogen and oxygen atoms in total. The summed E-state index contributed by atoms with van der Waals surface area (Å²) in [4.78, 5) is 135. The molecule has 10 amide bonds. The van der Waals surface area contributed by atoms with Crippen molar-refractivity contribution >= 4 is 75.1 Å². The topological polar surface area (TPSA) is 486 Å². The van der Waals surface area contributed by atoms with Gasteiger partial charge < -0.3 is 86.9 Å². The van der Waals surface area contributed by atoms with E-state index in [-0.39, 0.29) is 106 Å². The van der Waals surface area contributed by atoms with Crippen LogP contribution in [0.15, 0.2) is 60.7 Å². The molecule has 1 heterocycles. The number of aliphatic hydroxyl groups is 1. The first-order chi connectivity index (χ1) is 58.3. The van der Waals surface area contributed by atoms with Crippen LogP contribution < -0.4 is 53.6 Å². The minimum absolute atomic E-state index is 0.0181. The number of imide groups is 1. The van der Waals surface area contributed by atoms with Crippen molar-refractivity contribution in [2.24, 2.45) is 34.3 Å². The lowest BCUT2D eigenvalue weighted by atomic mass is 9.49. The van der Waals surface area contributed by atoms with Gasteiger partial charge in [0.05, 0.1) is 94.3 Å². The summed E-state index contributed by atoms with van der Waals surface area (Å²) in [6.07, 6.45) is 12.1. The molecule has 35 heteroatoms. The zero-order chi connectivity index (χ0) is 88.2. The molecule has 0 saturated heterocycles. The van der Waals surface area contributed by atoms with Crippen LogP contribution in [0.5, 0.6) is 5.75 Å². The van der Waals surface area contributed by atoms with Crippen LogP contribution in [0, 0.1) is 28.6 Å². The Labute approximate surface area is 715 Å². The van der Waals surface area contributed by atoms with Crippen LogP contribution in [0.2, 0.25) is 0 Å². The normalized spacial score (nSPS) is 22.1. The number of Topliss-reactive ketones (excluding diaryl/α,β-unsaturated/α-hetero) is 1. The summed E-state index contributed by atoms with van der Waals surface area (Å²) in [5.41, 5.74) is 10.5. The number of alkyl carbamates (subject to hydrolysis) is 1. The number of carbonyl (C=O) groups is 10. The van der Waals surface area contributed by atoms with Gasteiger partial charge >= 0.3 is 12.1 Å². The second-order valence-corrected chi connectivity index (χ2v) is 35.8. The predicted octanol–water partition coefficient (Wildman–Crippen LogP) is 5.97. The Morgan fingerprint density at radius 1 is 0.615 bits per heavy atom. The number of urea groups is 1. The van der Waals surface area contributed by atoms with E-state index in [1.165, 1.54) is 5.56 Å². The third kappa shape index (κ3) is 27.0. The van der Waals surface area contributed by atoms with Crippen LogP contribution in [0.25, 0.3) is 0 Å². The number of fused-ring (bicyclic) bond motifs is 7. The largest absolute Gasteiger partial charge is 0.508 e. The molecular formula is C87H129N13O21S. The van der Waals surface area contributed by atoms with Gasteiger partial charge in [-0.3, -0.25) is 48.2 Å². The van der Waals surface area contributed by atoms with Gasteiger partial charge in [0, 0.05) is 38.2 Å². The maximum absolute atomic E-state index is 14.8. The Morgan fingerprint density at radius 3 is 1.84 bits per heavy atom. The quantitative estimate of drug-likeness (QED) is 0.0138. The first kappa shape index (κ1) is 96.7. The van der Waals surface area contributed by atoms with Crippen LogP contribution in [0.4, 0.5) is 15.3 Å². The van der Waals surface area contributed by atoms with Crippen LogP contribution >= 0.6 is 0 Å². The molecule has 0 spiro atoms. The zero-order valence-corrected chi connectivity index (χ0v) is 72.6. The molecule has 14 N–H and O–H groups in total. The molecule has 11 atom stereocenters. The molecule has 0 radical (unpaired) electrons. The highest BCUT2D eigenvalue weighted by molar-refractivity contribution is 7.85. The van der Waals surface area contributed by atoms with E-state index in [4.69, 9.17) is 38.7 Å². The summed E-state index contributed by atoms with van der Waals surface area (Å²) in [5.74, 6) is -4.21. The lowest BCUT2D eigenvalue weighted by molar-refractivity contribution is -0.150. The van der Waals surface area contributed by atoms with E-state index in [9.17, 15) is 66.6 Å². The van der Waals surface area contributed by atoms with Gasteiger partial charge in [-0.1, -0.05) is 109 Å². The van der Waals surface area contributed by atoms with Gasteiger partial charge in [-0.25, -0.2) is 14.3 Å². The number of unbranched alkanes of at least 4 members (excludes halogenated alkanes) is 1. The van der Waals surface area contributed by atoms with Crippen molar-refractivity contribution < 1.29 is 99.6 Å². The van der Waals surface area contributed by atoms with Crippen LogP contribution in [-0.4, -0.2) is 220 Å². The highest BCUT2D eigenvalue weighted by Gasteiger charge is 2.59. The molecule has 0 bridgehead atoms. The van der Waals surface area contributed by atoms with Crippen LogP contribution in [0.1, 0.15) is 208 Å². The SMILES string of the molecule is CN[C@H](CCCCNC(=O)COC1CCCCCc2c1nnn2CCOCCOCCOCCOCCC(=O)NCCS(=O)(=O)O)C(=O)N[C@H](C(=O)N[C@@H](CCCNC(N)=O)C(=O)Nc1ccc(COC(=O)N[C@@H](CO)C(=O)Cc2ccc3c(c2)[C@@]2(C)CCC[C@](C)(C(=O)NC(=O)[C@@]4(C)CCC[C@]5(C)c6cc(O)ccc6CC[C@@H]45)[C@@H]2CC3)cc1)C(C)C. The monoisotopic (exact) mass is 1720 g/mol. The fourth-order valence-corrected chi connectivity index (χ4v) is 18.9. The molecule has 0 aliphatic heterocycles.